The Morgan fingerprint density at radius 3 is 2.65 bits per heavy atom. The first-order valence-corrected chi connectivity index (χ1v) is 9.11. The lowest BCUT2D eigenvalue weighted by atomic mass is 10.0. The van der Waals surface area contributed by atoms with E-state index >= 15 is 0 Å². The minimum Gasteiger partial charge on any atom is -0.296 e. The molecule has 20 heavy (non-hydrogen) atoms. The van der Waals surface area contributed by atoms with Crippen LogP contribution in [0.1, 0.15) is 18.5 Å². The monoisotopic (exact) mass is 294 g/mol. The van der Waals surface area contributed by atoms with Crippen LogP contribution in [0.3, 0.4) is 0 Å². The third-order valence-corrected chi connectivity index (χ3v) is 6.30. The molecule has 0 bridgehead atoms. The molecule has 3 rings (SSSR count). The van der Waals surface area contributed by atoms with Crippen molar-refractivity contribution in [1.82, 2.24) is 9.80 Å². The summed E-state index contributed by atoms with van der Waals surface area (Å²) >= 11 is 0. The van der Waals surface area contributed by atoms with Gasteiger partial charge in [-0.05, 0) is 12.5 Å². The van der Waals surface area contributed by atoms with Crippen molar-refractivity contribution < 1.29 is 8.42 Å². The van der Waals surface area contributed by atoms with Gasteiger partial charge in [0.25, 0.3) is 0 Å². The Labute approximate surface area is 121 Å². The molecule has 0 aliphatic carbocycles. The zero-order valence-corrected chi connectivity index (χ0v) is 12.7. The van der Waals surface area contributed by atoms with Crippen LogP contribution in [0, 0.1) is 0 Å². The van der Waals surface area contributed by atoms with Gasteiger partial charge in [0.05, 0.1) is 11.5 Å². The lowest BCUT2D eigenvalue weighted by Crippen LogP contribution is -2.59. The molecule has 0 unspecified atom stereocenters. The van der Waals surface area contributed by atoms with E-state index in [1.54, 1.807) is 0 Å². The van der Waals surface area contributed by atoms with Crippen molar-refractivity contribution >= 4 is 9.84 Å². The Morgan fingerprint density at radius 2 is 1.90 bits per heavy atom. The number of nitrogens with zero attached hydrogens (tertiary/aromatic N) is 2. The summed E-state index contributed by atoms with van der Waals surface area (Å²) in [7, 11) is -2.84. The largest absolute Gasteiger partial charge is 0.296 e. The predicted octanol–water partition coefficient (Wildman–Crippen LogP) is 1.16. The van der Waals surface area contributed by atoms with E-state index in [4.69, 9.17) is 0 Å². The Kier molecular flexibility index (Phi) is 3.84. The molecular formula is C15H22N2O2S. The van der Waals surface area contributed by atoms with E-state index in [9.17, 15) is 8.42 Å². The first kappa shape index (κ1) is 14.0. The molecule has 2 saturated heterocycles. The summed E-state index contributed by atoms with van der Waals surface area (Å²) in [6.45, 7) is 5.78. The molecule has 4 nitrogen and oxygen atoms in total. The maximum absolute atomic E-state index is 11.8. The molecule has 2 aliphatic heterocycles. The van der Waals surface area contributed by atoms with Crippen molar-refractivity contribution in [1.29, 1.82) is 0 Å². The van der Waals surface area contributed by atoms with E-state index in [0.717, 1.165) is 19.6 Å². The lowest BCUT2D eigenvalue weighted by molar-refractivity contribution is 0.0616. The quantitative estimate of drug-likeness (QED) is 0.821. The average molecular weight is 294 g/mol. The predicted molar refractivity (Wildman–Crippen MR) is 80.4 cm³/mol. The summed E-state index contributed by atoms with van der Waals surface area (Å²) in [5.41, 5.74) is 1.31. The first-order chi connectivity index (χ1) is 9.55. The van der Waals surface area contributed by atoms with Gasteiger partial charge < -0.3 is 0 Å². The maximum atomic E-state index is 11.8. The van der Waals surface area contributed by atoms with Crippen molar-refractivity contribution in [3.05, 3.63) is 35.9 Å². The normalized spacial score (nSPS) is 28.8. The molecule has 2 heterocycles. The zero-order chi connectivity index (χ0) is 14.2. The van der Waals surface area contributed by atoms with Crippen LogP contribution in [0.2, 0.25) is 0 Å². The van der Waals surface area contributed by atoms with Crippen molar-refractivity contribution in [2.75, 3.05) is 37.7 Å². The zero-order valence-electron chi connectivity index (χ0n) is 11.9. The summed E-state index contributed by atoms with van der Waals surface area (Å²) in [6.07, 6.45) is 0. The van der Waals surface area contributed by atoms with Crippen LogP contribution in [0.15, 0.2) is 30.3 Å². The van der Waals surface area contributed by atoms with Crippen LogP contribution in [-0.4, -0.2) is 61.9 Å². The molecule has 2 aliphatic rings. The fraction of sp³-hybridized carbons (Fsp3) is 0.600. The molecule has 1 aromatic carbocycles. The minimum atomic E-state index is -2.84. The van der Waals surface area contributed by atoms with Gasteiger partial charge in [-0.2, -0.15) is 0 Å². The Morgan fingerprint density at radius 1 is 1.15 bits per heavy atom. The van der Waals surface area contributed by atoms with Gasteiger partial charge in [-0.1, -0.05) is 30.3 Å². The van der Waals surface area contributed by atoms with E-state index in [1.165, 1.54) is 5.56 Å². The smallest absolute Gasteiger partial charge is 0.153 e. The van der Waals surface area contributed by atoms with Gasteiger partial charge in [0.2, 0.25) is 0 Å². The maximum Gasteiger partial charge on any atom is 0.153 e. The second-order valence-corrected chi connectivity index (χ2v) is 8.11. The lowest BCUT2D eigenvalue weighted by Gasteiger charge is -2.45. The molecule has 0 spiro atoms. The molecule has 5 heteroatoms. The van der Waals surface area contributed by atoms with Gasteiger partial charge in [-0.3, -0.25) is 9.80 Å². The second kappa shape index (κ2) is 5.47. The summed E-state index contributed by atoms with van der Waals surface area (Å²) < 4.78 is 23.6. The van der Waals surface area contributed by atoms with Gasteiger partial charge in [0.1, 0.15) is 0 Å². The highest BCUT2D eigenvalue weighted by molar-refractivity contribution is 7.91. The third kappa shape index (κ3) is 2.90. The summed E-state index contributed by atoms with van der Waals surface area (Å²) in [6, 6.07) is 11.0. The van der Waals surface area contributed by atoms with Crippen molar-refractivity contribution in [3.8, 4) is 0 Å². The number of hydrogen-bond acceptors (Lipinski definition) is 4. The Balaban J connectivity index is 1.71. The van der Waals surface area contributed by atoms with Gasteiger partial charge in [-0.25, -0.2) is 8.42 Å². The standard InChI is InChI=1S/C15H22N2O2S/c1-13(14-5-3-2-4-6-14)17-8-7-16-9-10-20(18,19)12-15(16)11-17/h2-6,13,15H,7-12H2,1H3/t13-,15-/m1/s1. The van der Waals surface area contributed by atoms with Gasteiger partial charge in [-0.15, -0.1) is 0 Å². The SMILES string of the molecule is C[C@H](c1ccccc1)N1CCN2CCS(=O)(=O)C[C@H]2C1. The van der Waals surface area contributed by atoms with Crippen LogP contribution < -0.4 is 0 Å². The van der Waals surface area contributed by atoms with Crippen LogP contribution in [0.25, 0.3) is 0 Å². The van der Waals surface area contributed by atoms with E-state index in [1.807, 2.05) is 6.07 Å². The fourth-order valence-electron chi connectivity index (χ4n) is 3.30. The molecule has 0 N–H and O–H groups in total. The van der Waals surface area contributed by atoms with Crippen LogP contribution in [0.4, 0.5) is 0 Å². The number of sulfone groups is 1. The van der Waals surface area contributed by atoms with E-state index in [2.05, 4.69) is 41.0 Å². The van der Waals surface area contributed by atoms with Crippen LogP contribution in [0.5, 0.6) is 0 Å². The van der Waals surface area contributed by atoms with Gasteiger partial charge in [0.15, 0.2) is 9.84 Å². The third-order valence-electron chi connectivity index (χ3n) is 4.60. The molecule has 0 radical (unpaired) electrons. The molecule has 2 fully saturated rings. The van der Waals surface area contributed by atoms with Gasteiger partial charge >= 0.3 is 0 Å². The summed E-state index contributed by atoms with van der Waals surface area (Å²) in [5, 5.41) is 0. The number of hydrogen-bond donors (Lipinski definition) is 0. The summed E-state index contributed by atoms with van der Waals surface area (Å²) in [5.74, 6) is 0.656. The van der Waals surface area contributed by atoms with E-state index in [-0.39, 0.29) is 6.04 Å². The van der Waals surface area contributed by atoms with Crippen molar-refractivity contribution in [2.24, 2.45) is 0 Å². The van der Waals surface area contributed by atoms with E-state index in [0.29, 0.717) is 24.1 Å². The highest BCUT2D eigenvalue weighted by Crippen LogP contribution is 2.25. The number of rotatable bonds is 2. The fourth-order valence-corrected chi connectivity index (χ4v) is 4.88. The number of piperazine rings is 1. The van der Waals surface area contributed by atoms with E-state index < -0.39 is 9.84 Å². The summed E-state index contributed by atoms with van der Waals surface area (Å²) in [4.78, 5) is 4.76. The van der Waals surface area contributed by atoms with Crippen molar-refractivity contribution in [2.45, 2.75) is 19.0 Å². The molecular weight excluding hydrogens is 272 g/mol. The highest BCUT2D eigenvalue weighted by Gasteiger charge is 2.36. The first-order valence-electron chi connectivity index (χ1n) is 7.29. The van der Waals surface area contributed by atoms with Crippen LogP contribution in [-0.2, 0) is 9.84 Å². The van der Waals surface area contributed by atoms with Gasteiger partial charge in [0, 0.05) is 38.3 Å². The molecule has 0 amide bonds. The Hall–Kier alpha value is -0.910. The molecule has 0 saturated carbocycles. The van der Waals surface area contributed by atoms with Crippen LogP contribution >= 0.6 is 0 Å². The minimum absolute atomic E-state index is 0.175. The molecule has 1 aromatic rings. The Bertz CT molecular complexity index is 558. The topological polar surface area (TPSA) is 40.6 Å². The molecule has 110 valence electrons. The number of benzene rings is 1. The second-order valence-electron chi connectivity index (χ2n) is 5.89. The molecule has 0 aromatic heterocycles. The van der Waals surface area contributed by atoms with Crippen molar-refractivity contribution in [3.63, 3.8) is 0 Å². The molecule has 2 atom stereocenters. The number of fused-ring (bicyclic) bond motifs is 1. The average Bonchev–Trinajstić information content (AvgIpc) is 2.45. The highest BCUT2D eigenvalue weighted by atomic mass is 32.2.